The van der Waals surface area contributed by atoms with E-state index in [9.17, 15) is 0 Å². The largest absolute Gasteiger partial charge is 0.497 e. The van der Waals surface area contributed by atoms with Crippen molar-refractivity contribution in [1.29, 1.82) is 0 Å². The molecule has 5 heteroatoms. The molecule has 2 aromatic rings. The van der Waals surface area contributed by atoms with E-state index >= 15 is 0 Å². The van der Waals surface area contributed by atoms with Crippen molar-refractivity contribution >= 4 is 11.3 Å². The molecule has 0 spiro atoms. The Balaban J connectivity index is 2.24. The molecule has 2 rings (SSSR count). The van der Waals surface area contributed by atoms with Gasteiger partial charge in [0.25, 0.3) is 0 Å². The summed E-state index contributed by atoms with van der Waals surface area (Å²) < 4.78 is 10.7. The fourth-order valence-electron chi connectivity index (χ4n) is 2.29. The average molecular weight is 306 g/mol. The van der Waals surface area contributed by atoms with Crippen molar-refractivity contribution in [2.75, 3.05) is 14.2 Å². The lowest BCUT2D eigenvalue weighted by Crippen LogP contribution is -2.29. The van der Waals surface area contributed by atoms with Crippen LogP contribution in [-0.4, -0.2) is 14.2 Å². The third kappa shape index (κ3) is 3.75. The highest BCUT2D eigenvalue weighted by atomic mass is 32.1. The Kier molecular flexibility index (Phi) is 5.61. The van der Waals surface area contributed by atoms with Gasteiger partial charge in [-0.25, -0.2) is 0 Å². The molecule has 21 heavy (non-hydrogen) atoms. The Morgan fingerprint density at radius 2 is 1.90 bits per heavy atom. The van der Waals surface area contributed by atoms with E-state index in [2.05, 4.69) is 24.5 Å². The van der Waals surface area contributed by atoms with Crippen LogP contribution >= 0.6 is 11.3 Å². The second-order valence-electron chi connectivity index (χ2n) is 4.75. The molecule has 1 aromatic carbocycles. The standard InChI is InChI=1S/C16H22N2O2S/c1-4-12-6-7-13(21-12)10-15(18-17)14-8-5-11(19-2)9-16(14)20-3/h5-9,15,18H,4,10,17H2,1-3H3. The van der Waals surface area contributed by atoms with Crippen LogP contribution in [0.15, 0.2) is 30.3 Å². The van der Waals surface area contributed by atoms with Crippen LogP contribution in [0.2, 0.25) is 0 Å². The molecule has 0 aliphatic rings. The third-order valence-corrected chi connectivity index (χ3v) is 4.74. The van der Waals surface area contributed by atoms with E-state index in [-0.39, 0.29) is 6.04 Å². The summed E-state index contributed by atoms with van der Waals surface area (Å²) in [4.78, 5) is 2.70. The van der Waals surface area contributed by atoms with Gasteiger partial charge >= 0.3 is 0 Å². The van der Waals surface area contributed by atoms with Crippen molar-refractivity contribution in [3.8, 4) is 11.5 Å². The number of rotatable bonds is 7. The van der Waals surface area contributed by atoms with Crippen LogP contribution < -0.4 is 20.7 Å². The zero-order valence-corrected chi connectivity index (χ0v) is 13.5. The van der Waals surface area contributed by atoms with Gasteiger partial charge in [0.2, 0.25) is 0 Å². The number of hydrogen-bond acceptors (Lipinski definition) is 5. The van der Waals surface area contributed by atoms with E-state index < -0.39 is 0 Å². The fourth-order valence-corrected chi connectivity index (χ4v) is 3.29. The van der Waals surface area contributed by atoms with Crippen molar-refractivity contribution in [2.24, 2.45) is 5.84 Å². The van der Waals surface area contributed by atoms with Gasteiger partial charge in [-0.2, -0.15) is 0 Å². The van der Waals surface area contributed by atoms with Gasteiger partial charge in [0, 0.05) is 27.8 Å². The molecule has 0 saturated carbocycles. The van der Waals surface area contributed by atoms with Gasteiger partial charge in [0.1, 0.15) is 11.5 Å². The van der Waals surface area contributed by atoms with Crippen LogP contribution in [0.25, 0.3) is 0 Å². The Hall–Kier alpha value is -1.56. The van der Waals surface area contributed by atoms with Gasteiger partial charge in [0.05, 0.1) is 20.3 Å². The number of benzene rings is 1. The maximum atomic E-state index is 5.75. The minimum absolute atomic E-state index is 0.00853. The van der Waals surface area contributed by atoms with Crippen LogP contribution in [0.3, 0.4) is 0 Å². The van der Waals surface area contributed by atoms with Crippen LogP contribution in [0.5, 0.6) is 11.5 Å². The first-order valence-electron chi connectivity index (χ1n) is 6.97. The molecule has 0 saturated heterocycles. The first-order chi connectivity index (χ1) is 10.2. The summed E-state index contributed by atoms with van der Waals surface area (Å²) in [7, 11) is 3.30. The van der Waals surface area contributed by atoms with Crippen molar-refractivity contribution in [1.82, 2.24) is 5.43 Å². The predicted molar refractivity (Wildman–Crippen MR) is 87.0 cm³/mol. The first kappa shape index (κ1) is 15.8. The maximum absolute atomic E-state index is 5.75. The highest BCUT2D eigenvalue weighted by molar-refractivity contribution is 7.11. The molecule has 0 aliphatic carbocycles. The van der Waals surface area contributed by atoms with Crippen molar-refractivity contribution in [3.63, 3.8) is 0 Å². The fraction of sp³-hybridized carbons (Fsp3) is 0.375. The molecule has 0 radical (unpaired) electrons. The molecule has 114 valence electrons. The van der Waals surface area contributed by atoms with E-state index in [1.165, 1.54) is 9.75 Å². The highest BCUT2D eigenvalue weighted by Crippen LogP contribution is 2.32. The number of hydrazine groups is 1. The van der Waals surface area contributed by atoms with Crippen LogP contribution in [0.1, 0.15) is 28.3 Å². The first-order valence-corrected chi connectivity index (χ1v) is 7.79. The topological polar surface area (TPSA) is 56.5 Å². The van der Waals surface area contributed by atoms with Gasteiger partial charge in [-0.3, -0.25) is 11.3 Å². The van der Waals surface area contributed by atoms with Crippen molar-refractivity contribution < 1.29 is 9.47 Å². The summed E-state index contributed by atoms with van der Waals surface area (Å²) >= 11 is 1.83. The summed E-state index contributed by atoms with van der Waals surface area (Å²) in [6.07, 6.45) is 1.90. The van der Waals surface area contributed by atoms with Gasteiger partial charge < -0.3 is 9.47 Å². The molecule has 0 bridgehead atoms. The number of hydrogen-bond donors (Lipinski definition) is 2. The molecule has 4 nitrogen and oxygen atoms in total. The van der Waals surface area contributed by atoms with Crippen LogP contribution in [0, 0.1) is 0 Å². The Morgan fingerprint density at radius 3 is 2.48 bits per heavy atom. The molecule has 3 N–H and O–H groups in total. The lowest BCUT2D eigenvalue weighted by atomic mass is 10.0. The SMILES string of the molecule is CCc1ccc(CC(NN)c2ccc(OC)cc2OC)s1. The average Bonchev–Trinajstić information content (AvgIpc) is 2.99. The number of aryl methyl sites for hydroxylation is 1. The zero-order chi connectivity index (χ0) is 15.2. The molecular formula is C16H22N2O2S. The van der Waals surface area contributed by atoms with Crippen LogP contribution in [-0.2, 0) is 12.8 Å². The third-order valence-electron chi connectivity index (χ3n) is 3.49. The van der Waals surface area contributed by atoms with E-state index in [1.807, 2.05) is 29.5 Å². The van der Waals surface area contributed by atoms with E-state index in [1.54, 1.807) is 14.2 Å². The molecule has 0 aliphatic heterocycles. The Bertz CT molecular complexity index is 583. The highest BCUT2D eigenvalue weighted by Gasteiger charge is 2.17. The minimum atomic E-state index is 0.00853. The van der Waals surface area contributed by atoms with E-state index in [0.717, 1.165) is 29.9 Å². The van der Waals surface area contributed by atoms with E-state index in [0.29, 0.717) is 0 Å². The molecular weight excluding hydrogens is 284 g/mol. The van der Waals surface area contributed by atoms with Gasteiger partial charge in [-0.05, 0) is 24.6 Å². The summed E-state index contributed by atoms with van der Waals surface area (Å²) in [5.74, 6) is 7.31. The normalized spacial score (nSPS) is 12.2. The van der Waals surface area contributed by atoms with Gasteiger partial charge in [-0.15, -0.1) is 11.3 Å². The smallest absolute Gasteiger partial charge is 0.127 e. The summed E-state index contributed by atoms with van der Waals surface area (Å²) in [5, 5.41) is 0. The lowest BCUT2D eigenvalue weighted by Gasteiger charge is -2.19. The monoisotopic (exact) mass is 306 g/mol. The number of methoxy groups -OCH3 is 2. The number of nitrogens with one attached hydrogen (secondary N) is 1. The van der Waals surface area contributed by atoms with Gasteiger partial charge in [0.15, 0.2) is 0 Å². The molecule has 1 unspecified atom stereocenters. The summed E-state index contributed by atoms with van der Waals surface area (Å²) in [5.41, 5.74) is 3.93. The van der Waals surface area contributed by atoms with Crippen molar-refractivity contribution in [2.45, 2.75) is 25.8 Å². The predicted octanol–water partition coefficient (Wildman–Crippen LogP) is 3.07. The molecule has 1 atom stereocenters. The number of nitrogens with two attached hydrogens (primary N) is 1. The van der Waals surface area contributed by atoms with Crippen molar-refractivity contribution in [3.05, 3.63) is 45.6 Å². The quantitative estimate of drug-likeness (QED) is 0.610. The summed E-state index contributed by atoms with van der Waals surface area (Å²) in [6, 6.07) is 10.2. The Labute approximate surface area is 129 Å². The second-order valence-corrected chi connectivity index (χ2v) is 6.01. The lowest BCUT2D eigenvalue weighted by molar-refractivity contribution is 0.384. The molecule has 0 amide bonds. The summed E-state index contributed by atoms with van der Waals surface area (Å²) in [6.45, 7) is 2.17. The zero-order valence-electron chi connectivity index (χ0n) is 12.7. The second kappa shape index (κ2) is 7.45. The van der Waals surface area contributed by atoms with E-state index in [4.69, 9.17) is 15.3 Å². The van der Waals surface area contributed by atoms with Gasteiger partial charge in [-0.1, -0.05) is 13.0 Å². The molecule has 1 heterocycles. The molecule has 0 fully saturated rings. The number of ether oxygens (including phenoxy) is 2. The Morgan fingerprint density at radius 1 is 1.14 bits per heavy atom. The maximum Gasteiger partial charge on any atom is 0.127 e. The molecule has 1 aromatic heterocycles. The minimum Gasteiger partial charge on any atom is -0.497 e. The number of thiophene rings is 1. The van der Waals surface area contributed by atoms with Crippen LogP contribution in [0.4, 0.5) is 0 Å².